The number of esters is 2. The maximum absolute atomic E-state index is 13.2. The number of nitrogens with zero attached hydrogens (tertiary/aromatic N) is 3. The number of methoxy groups -OCH3 is 1. The first kappa shape index (κ1) is 21.5. The molecule has 3 aromatic rings. The molecule has 32 heavy (non-hydrogen) atoms. The minimum atomic E-state index is -0.631. The topological polar surface area (TPSA) is 112 Å². The zero-order valence-electron chi connectivity index (χ0n) is 18.4. The summed E-state index contributed by atoms with van der Waals surface area (Å²) in [5.41, 5.74) is 4.72. The van der Waals surface area contributed by atoms with Gasteiger partial charge in [-0.1, -0.05) is 6.07 Å². The predicted molar refractivity (Wildman–Crippen MR) is 115 cm³/mol. The fourth-order valence-corrected chi connectivity index (χ4v) is 4.15. The molecule has 0 aliphatic heterocycles. The molecule has 9 nitrogen and oxygen atoms in total. The smallest absolute Gasteiger partial charge is 0.356 e. The Morgan fingerprint density at radius 2 is 1.97 bits per heavy atom. The molecular formula is C23H24N4O5. The van der Waals surface area contributed by atoms with Crippen LogP contribution in [0.2, 0.25) is 0 Å². The summed E-state index contributed by atoms with van der Waals surface area (Å²) in [5, 5.41) is 7.37. The minimum absolute atomic E-state index is 0.0341. The van der Waals surface area contributed by atoms with E-state index in [-0.39, 0.29) is 29.3 Å². The van der Waals surface area contributed by atoms with Gasteiger partial charge in [-0.25, -0.2) is 19.1 Å². The van der Waals surface area contributed by atoms with Gasteiger partial charge in [-0.15, -0.1) is 0 Å². The molecule has 0 unspecified atom stereocenters. The Labute approximate surface area is 184 Å². The van der Waals surface area contributed by atoms with Crippen molar-refractivity contribution < 1.29 is 23.9 Å². The number of aryl methyl sites for hydroxylation is 1. The second-order valence-corrected chi connectivity index (χ2v) is 7.67. The maximum Gasteiger partial charge on any atom is 0.356 e. The highest BCUT2D eigenvalue weighted by Gasteiger charge is 2.29. The lowest BCUT2D eigenvalue weighted by Gasteiger charge is -2.16. The number of carbonyl (C=O) groups is 3. The molecule has 1 aliphatic rings. The molecule has 2 heterocycles. The SMILES string of the molecule is CCOC(=O)c1ccc2c(c1C)CC[C@@H]2NC(=O)c1cc(C(=O)OC)nc2cc(C)nn12. The number of nitrogens with one attached hydrogen (secondary N) is 1. The highest BCUT2D eigenvalue weighted by atomic mass is 16.5. The van der Waals surface area contributed by atoms with Gasteiger partial charge in [0.05, 0.1) is 31.0 Å². The molecule has 0 radical (unpaired) electrons. The third kappa shape index (κ3) is 3.70. The van der Waals surface area contributed by atoms with E-state index in [1.165, 1.54) is 17.7 Å². The van der Waals surface area contributed by atoms with Crippen molar-refractivity contribution in [1.82, 2.24) is 19.9 Å². The molecule has 2 aromatic heterocycles. The quantitative estimate of drug-likeness (QED) is 0.612. The molecule has 0 fully saturated rings. The van der Waals surface area contributed by atoms with Gasteiger partial charge in [0, 0.05) is 12.1 Å². The summed E-state index contributed by atoms with van der Waals surface area (Å²) in [6, 6.07) is 6.45. The number of amides is 1. The van der Waals surface area contributed by atoms with Crippen molar-refractivity contribution in [3.8, 4) is 0 Å². The van der Waals surface area contributed by atoms with Crippen LogP contribution in [0.1, 0.15) is 73.1 Å². The molecule has 0 saturated carbocycles. The molecule has 1 atom stereocenters. The van der Waals surface area contributed by atoms with Crippen LogP contribution in [0, 0.1) is 13.8 Å². The van der Waals surface area contributed by atoms with Crippen molar-refractivity contribution in [1.29, 1.82) is 0 Å². The van der Waals surface area contributed by atoms with Crippen LogP contribution in [-0.2, 0) is 15.9 Å². The summed E-state index contributed by atoms with van der Waals surface area (Å²) in [5.74, 6) is -1.35. The Morgan fingerprint density at radius 1 is 1.19 bits per heavy atom. The Balaban J connectivity index is 1.65. The Hall–Kier alpha value is -3.75. The fraction of sp³-hybridized carbons (Fsp3) is 0.348. The van der Waals surface area contributed by atoms with E-state index in [1.54, 1.807) is 26.0 Å². The van der Waals surface area contributed by atoms with E-state index in [2.05, 4.69) is 15.4 Å². The first-order valence-corrected chi connectivity index (χ1v) is 10.4. The number of aromatic nitrogens is 3. The van der Waals surface area contributed by atoms with Gasteiger partial charge in [0.25, 0.3) is 5.91 Å². The van der Waals surface area contributed by atoms with Crippen LogP contribution in [-0.4, -0.2) is 46.2 Å². The van der Waals surface area contributed by atoms with E-state index in [9.17, 15) is 14.4 Å². The molecule has 1 N–H and O–H groups in total. The third-order valence-electron chi connectivity index (χ3n) is 5.67. The van der Waals surface area contributed by atoms with Gasteiger partial charge in [-0.05, 0) is 56.4 Å². The van der Waals surface area contributed by atoms with Crippen molar-refractivity contribution in [3.63, 3.8) is 0 Å². The Morgan fingerprint density at radius 3 is 2.69 bits per heavy atom. The second kappa shape index (κ2) is 8.41. The lowest BCUT2D eigenvalue weighted by Crippen LogP contribution is -2.29. The van der Waals surface area contributed by atoms with E-state index in [4.69, 9.17) is 9.47 Å². The number of fused-ring (bicyclic) bond motifs is 2. The van der Waals surface area contributed by atoms with Crippen LogP contribution in [0.4, 0.5) is 0 Å². The molecule has 0 spiro atoms. The van der Waals surface area contributed by atoms with Crippen LogP contribution in [0.25, 0.3) is 5.65 Å². The zero-order valence-corrected chi connectivity index (χ0v) is 18.4. The summed E-state index contributed by atoms with van der Waals surface area (Å²) in [7, 11) is 1.26. The minimum Gasteiger partial charge on any atom is -0.464 e. The molecule has 1 amide bonds. The Kier molecular flexibility index (Phi) is 5.65. The van der Waals surface area contributed by atoms with Gasteiger partial charge in [-0.2, -0.15) is 5.10 Å². The van der Waals surface area contributed by atoms with Crippen LogP contribution >= 0.6 is 0 Å². The maximum atomic E-state index is 13.2. The molecule has 1 aliphatic carbocycles. The number of rotatable bonds is 5. The highest BCUT2D eigenvalue weighted by Crippen LogP contribution is 2.35. The van der Waals surface area contributed by atoms with Gasteiger partial charge in [0.1, 0.15) is 5.69 Å². The standard InChI is InChI=1S/C23H24N4O5/c1-5-32-22(29)15-6-7-16-14(13(15)3)8-9-17(16)25-21(28)19-11-18(23(30)31-4)24-20-10-12(2)26-27(19)20/h6-7,10-11,17H,5,8-9H2,1-4H3,(H,25,28)/t17-/m0/s1. The second-order valence-electron chi connectivity index (χ2n) is 7.67. The van der Waals surface area contributed by atoms with Gasteiger partial charge in [0.15, 0.2) is 11.3 Å². The average molecular weight is 436 g/mol. The van der Waals surface area contributed by atoms with E-state index < -0.39 is 5.97 Å². The zero-order chi connectivity index (χ0) is 23.0. The van der Waals surface area contributed by atoms with Gasteiger partial charge in [0.2, 0.25) is 0 Å². The van der Waals surface area contributed by atoms with Crippen LogP contribution in [0.3, 0.4) is 0 Å². The van der Waals surface area contributed by atoms with E-state index in [0.717, 1.165) is 23.1 Å². The third-order valence-corrected chi connectivity index (χ3v) is 5.67. The average Bonchev–Trinajstić information content (AvgIpc) is 3.35. The number of hydrogen-bond donors (Lipinski definition) is 1. The van der Waals surface area contributed by atoms with E-state index in [1.807, 2.05) is 13.0 Å². The lowest BCUT2D eigenvalue weighted by molar-refractivity contribution is 0.0524. The van der Waals surface area contributed by atoms with Crippen molar-refractivity contribution >= 4 is 23.5 Å². The van der Waals surface area contributed by atoms with Gasteiger partial charge >= 0.3 is 11.9 Å². The Bertz CT molecular complexity index is 1250. The number of benzene rings is 1. The van der Waals surface area contributed by atoms with Gasteiger partial charge in [-0.3, -0.25) is 4.79 Å². The normalized spacial score (nSPS) is 14.8. The first-order valence-electron chi connectivity index (χ1n) is 10.4. The predicted octanol–water partition coefficient (Wildman–Crippen LogP) is 2.73. The van der Waals surface area contributed by atoms with E-state index in [0.29, 0.717) is 29.9 Å². The van der Waals surface area contributed by atoms with Crippen LogP contribution in [0.15, 0.2) is 24.3 Å². The summed E-state index contributed by atoms with van der Waals surface area (Å²) < 4.78 is 11.3. The van der Waals surface area contributed by atoms with Gasteiger partial charge < -0.3 is 14.8 Å². The summed E-state index contributed by atoms with van der Waals surface area (Å²) in [4.78, 5) is 41.7. The molecule has 0 saturated heterocycles. The molecular weight excluding hydrogens is 412 g/mol. The van der Waals surface area contributed by atoms with Crippen molar-refractivity contribution in [2.24, 2.45) is 0 Å². The molecule has 0 bridgehead atoms. The summed E-state index contributed by atoms with van der Waals surface area (Å²) >= 11 is 0. The van der Waals surface area contributed by atoms with Crippen molar-refractivity contribution in [2.75, 3.05) is 13.7 Å². The van der Waals surface area contributed by atoms with Crippen molar-refractivity contribution in [3.05, 3.63) is 63.6 Å². The molecule has 166 valence electrons. The molecule has 1 aromatic carbocycles. The van der Waals surface area contributed by atoms with Crippen LogP contribution < -0.4 is 5.32 Å². The summed E-state index contributed by atoms with van der Waals surface area (Å²) in [6.07, 6.45) is 1.43. The number of ether oxygens (including phenoxy) is 2. The fourth-order valence-electron chi connectivity index (χ4n) is 4.15. The number of hydrogen-bond acceptors (Lipinski definition) is 7. The number of carbonyl (C=O) groups excluding carboxylic acids is 3. The largest absolute Gasteiger partial charge is 0.464 e. The monoisotopic (exact) mass is 436 g/mol. The van der Waals surface area contributed by atoms with Crippen molar-refractivity contribution in [2.45, 2.75) is 39.7 Å². The molecule has 4 rings (SSSR count). The summed E-state index contributed by atoms with van der Waals surface area (Å²) in [6.45, 7) is 5.77. The molecule has 9 heteroatoms. The van der Waals surface area contributed by atoms with E-state index >= 15 is 0 Å². The highest BCUT2D eigenvalue weighted by molar-refractivity contribution is 5.97. The first-order chi connectivity index (χ1) is 15.3. The van der Waals surface area contributed by atoms with Crippen LogP contribution in [0.5, 0.6) is 0 Å². The lowest BCUT2D eigenvalue weighted by atomic mass is 9.98.